The van der Waals surface area contributed by atoms with Gasteiger partial charge in [0.2, 0.25) is 5.91 Å². The van der Waals surface area contributed by atoms with E-state index in [2.05, 4.69) is 5.32 Å². The quantitative estimate of drug-likeness (QED) is 0.571. The average molecular weight is 483 g/mol. The summed E-state index contributed by atoms with van der Waals surface area (Å²) in [4.78, 5) is 40.9. The lowest BCUT2D eigenvalue weighted by atomic mass is 9.95. The minimum atomic E-state index is -0.887. The van der Waals surface area contributed by atoms with E-state index in [1.165, 1.54) is 0 Å². The number of thioether (sulfide) groups is 1. The third-order valence-electron chi connectivity index (χ3n) is 6.13. The van der Waals surface area contributed by atoms with E-state index in [4.69, 9.17) is 9.47 Å². The van der Waals surface area contributed by atoms with Crippen molar-refractivity contribution in [1.29, 1.82) is 0 Å². The maximum atomic E-state index is 13.6. The zero-order valence-electron chi connectivity index (χ0n) is 19.7. The molecule has 0 saturated heterocycles. The van der Waals surface area contributed by atoms with Gasteiger partial charge in [-0.05, 0) is 54.2 Å². The highest BCUT2D eigenvalue weighted by molar-refractivity contribution is 7.98. The van der Waals surface area contributed by atoms with Gasteiger partial charge in [0.25, 0.3) is 11.8 Å². The Morgan fingerprint density at radius 1 is 1.03 bits per heavy atom. The van der Waals surface area contributed by atoms with Crippen LogP contribution in [-0.4, -0.2) is 53.9 Å². The summed E-state index contributed by atoms with van der Waals surface area (Å²) in [5.41, 5.74) is 1.58. The predicted octanol–water partition coefficient (Wildman–Crippen LogP) is 4.08. The van der Waals surface area contributed by atoms with Crippen LogP contribution in [0.3, 0.4) is 0 Å². The van der Waals surface area contributed by atoms with Gasteiger partial charge in [0.05, 0.1) is 30.4 Å². The van der Waals surface area contributed by atoms with E-state index in [1.54, 1.807) is 36.0 Å². The number of benzene rings is 2. The van der Waals surface area contributed by atoms with Gasteiger partial charge in [-0.2, -0.15) is 11.8 Å². The molecule has 2 aliphatic heterocycles. The number of nitrogens with zero attached hydrogens (tertiary/aromatic N) is 1. The first kappa shape index (κ1) is 24.1. The van der Waals surface area contributed by atoms with Gasteiger partial charge in [-0.1, -0.05) is 32.0 Å². The maximum Gasteiger partial charge on any atom is 0.262 e. The topological polar surface area (TPSA) is 84.9 Å². The van der Waals surface area contributed by atoms with Gasteiger partial charge in [0.1, 0.15) is 6.04 Å². The number of fused-ring (bicyclic) bond motifs is 2. The molecule has 1 N–H and O–H groups in total. The maximum absolute atomic E-state index is 13.6. The molecule has 4 rings (SSSR count). The van der Waals surface area contributed by atoms with Crippen molar-refractivity contribution in [3.8, 4) is 11.5 Å². The molecule has 0 bridgehead atoms. The highest BCUT2D eigenvalue weighted by Gasteiger charge is 2.42. The molecule has 8 heteroatoms. The lowest BCUT2D eigenvalue weighted by Crippen LogP contribution is -2.51. The fourth-order valence-electron chi connectivity index (χ4n) is 4.36. The largest absolute Gasteiger partial charge is 0.490 e. The van der Waals surface area contributed by atoms with Gasteiger partial charge in [-0.3, -0.25) is 19.3 Å². The summed E-state index contributed by atoms with van der Waals surface area (Å²) in [6, 6.07) is 11.2. The predicted molar refractivity (Wildman–Crippen MR) is 131 cm³/mol. The molecule has 0 saturated carbocycles. The number of nitrogens with one attached hydrogen (secondary N) is 1. The highest BCUT2D eigenvalue weighted by atomic mass is 32.2. The Hall–Kier alpha value is -3.00. The Bertz CT molecular complexity index is 1050. The van der Waals surface area contributed by atoms with Gasteiger partial charge in [-0.25, -0.2) is 0 Å². The first-order chi connectivity index (χ1) is 16.4. The van der Waals surface area contributed by atoms with Crippen LogP contribution in [0, 0.1) is 5.92 Å². The van der Waals surface area contributed by atoms with Crippen molar-refractivity contribution in [2.45, 2.75) is 38.8 Å². The van der Waals surface area contributed by atoms with Gasteiger partial charge in [-0.15, -0.1) is 0 Å². The van der Waals surface area contributed by atoms with E-state index in [0.29, 0.717) is 48.0 Å². The van der Waals surface area contributed by atoms with Crippen molar-refractivity contribution in [3.05, 3.63) is 59.2 Å². The fourth-order valence-corrected chi connectivity index (χ4v) is 4.81. The van der Waals surface area contributed by atoms with Gasteiger partial charge in [0.15, 0.2) is 11.5 Å². The molecule has 2 heterocycles. The number of imide groups is 1. The second-order valence-electron chi connectivity index (χ2n) is 8.81. The van der Waals surface area contributed by atoms with E-state index in [1.807, 2.05) is 38.3 Å². The first-order valence-corrected chi connectivity index (χ1v) is 13.0. The molecule has 0 aromatic heterocycles. The lowest BCUT2D eigenvalue weighted by molar-refractivity contribution is -0.126. The normalized spacial score (nSPS) is 16.8. The molecule has 2 aromatic rings. The molecule has 3 amide bonds. The van der Waals surface area contributed by atoms with Crippen molar-refractivity contribution in [3.63, 3.8) is 0 Å². The Kier molecular flexibility index (Phi) is 7.46. The van der Waals surface area contributed by atoms with Crippen LogP contribution in [0.2, 0.25) is 0 Å². The Morgan fingerprint density at radius 2 is 1.68 bits per heavy atom. The molecule has 34 heavy (non-hydrogen) atoms. The summed E-state index contributed by atoms with van der Waals surface area (Å²) in [7, 11) is 0. The summed E-state index contributed by atoms with van der Waals surface area (Å²) in [6.45, 7) is 5.22. The van der Waals surface area contributed by atoms with Gasteiger partial charge >= 0.3 is 0 Å². The van der Waals surface area contributed by atoms with E-state index in [0.717, 1.165) is 16.9 Å². The number of amides is 3. The molecule has 2 aromatic carbocycles. The minimum Gasteiger partial charge on any atom is -0.490 e. The van der Waals surface area contributed by atoms with Crippen LogP contribution < -0.4 is 14.8 Å². The lowest BCUT2D eigenvalue weighted by Gasteiger charge is -2.30. The molecule has 2 atom stereocenters. The van der Waals surface area contributed by atoms with Crippen molar-refractivity contribution in [1.82, 2.24) is 10.2 Å². The molecule has 2 unspecified atom stereocenters. The molecule has 2 aliphatic rings. The van der Waals surface area contributed by atoms with Crippen molar-refractivity contribution in [2.24, 2.45) is 5.92 Å². The zero-order chi connectivity index (χ0) is 24.2. The summed E-state index contributed by atoms with van der Waals surface area (Å²) in [5.74, 6) is 0.888. The summed E-state index contributed by atoms with van der Waals surface area (Å²) in [6.07, 6.45) is 3.13. The molecule has 0 spiro atoms. The summed E-state index contributed by atoms with van der Waals surface area (Å²) >= 11 is 1.57. The van der Waals surface area contributed by atoms with E-state index in [9.17, 15) is 14.4 Å². The molecule has 180 valence electrons. The Labute approximate surface area is 204 Å². The number of carbonyl (C=O) groups excluding carboxylic acids is 3. The number of carbonyl (C=O) groups is 3. The van der Waals surface area contributed by atoms with Crippen molar-refractivity contribution >= 4 is 29.5 Å². The molecule has 0 aliphatic carbocycles. The van der Waals surface area contributed by atoms with Crippen LogP contribution in [-0.2, 0) is 4.79 Å². The van der Waals surface area contributed by atoms with Crippen LogP contribution in [0.15, 0.2) is 42.5 Å². The number of rotatable bonds is 8. The van der Waals surface area contributed by atoms with Crippen LogP contribution in [0.5, 0.6) is 11.5 Å². The smallest absolute Gasteiger partial charge is 0.262 e. The van der Waals surface area contributed by atoms with Crippen molar-refractivity contribution < 1.29 is 23.9 Å². The van der Waals surface area contributed by atoms with E-state index < -0.39 is 17.9 Å². The summed E-state index contributed by atoms with van der Waals surface area (Å²) < 4.78 is 11.6. The van der Waals surface area contributed by atoms with Crippen LogP contribution in [0.4, 0.5) is 0 Å². The fraction of sp³-hybridized carbons (Fsp3) is 0.423. The molecule has 0 fully saturated rings. The SMILES string of the molecule is CSCCC(C(=O)NC(c1ccc2c(c1)OCCCO2)C(C)C)N1C(=O)c2ccccc2C1=O. The van der Waals surface area contributed by atoms with Crippen LogP contribution >= 0.6 is 11.8 Å². The monoisotopic (exact) mass is 482 g/mol. The number of hydrogen-bond donors (Lipinski definition) is 1. The van der Waals surface area contributed by atoms with Crippen LogP contribution in [0.1, 0.15) is 59.0 Å². The molecular weight excluding hydrogens is 452 g/mol. The van der Waals surface area contributed by atoms with Crippen molar-refractivity contribution in [2.75, 3.05) is 25.2 Å². The number of hydrogen-bond acceptors (Lipinski definition) is 6. The third-order valence-corrected chi connectivity index (χ3v) is 6.77. The standard InChI is InChI=1S/C26H30N2O5S/c1-16(2)23(17-9-10-21-22(15-17)33-13-6-12-32-21)27-24(29)20(11-14-34-3)28-25(30)18-7-4-5-8-19(18)26(28)31/h4-5,7-10,15-16,20,23H,6,11-14H2,1-3H3,(H,27,29). The molecule has 7 nitrogen and oxygen atoms in total. The first-order valence-electron chi connectivity index (χ1n) is 11.6. The third kappa shape index (κ3) is 4.78. The molecule has 0 radical (unpaired) electrons. The van der Waals surface area contributed by atoms with E-state index >= 15 is 0 Å². The number of ether oxygens (including phenoxy) is 2. The Morgan fingerprint density at radius 3 is 2.29 bits per heavy atom. The van der Waals surface area contributed by atoms with Gasteiger partial charge in [0, 0.05) is 6.42 Å². The molecular formula is C26H30N2O5S. The van der Waals surface area contributed by atoms with Gasteiger partial charge < -0.3 is 14.8 Å². The second-order valence-corrected chi connectivity index (χ2v) is 9.80. The van der Waals surface area contributed by atoms with Crippen LogP contribution in [0.25, 0.3) is 0 Å². The second kappa shape index (κ2) is 10.5. The summed E-state index contributed by atoms with van der Waals surface area (Å²) in [5, 5.41) is 3.12. The average Bonchev–Trinajstić information content (AvgIpc) is 2.98. The highest BCUT2D eigenvalue weighted by Crippen LogP contribution is 2.34. The minimum absolute atomic E-state index is 0.0667. The van der Waals surface area contributed by atoms with E-state index in [-0.39, 0.29) is 17.9 Å². The Balaban J connectivity index is 1.60. The zero-order valence-corrected chi connectivity index (χ0v) is 20.5.